The van der Waals surface area contributed by atoms with E-state index in [0.29, 0.717) is 0 Å². The molecule has 0 aliphatic rings. The van der Waals surface area contributed by atoms with Gasteiger partial charge in [0.05, 0.1) is 11.6 Å². The second-order valence-electron chi connectivity index (χ2n) is 2.57. The van der Waals surface area contributed by atoms with E-state index in [1.54, 1.807) is 11.3 Å². The highest BCUT2D eigenvalue weighted by Crippen LogP contribution is 2.17. The zero-order chi connectivity index (χ0) is 8.81. The Balaban J connectivity index is 2.51. The molecule has 12 heavy (non-hydrogen) atoms. The van der Waals surface area contributed by atoms with Crippen LogP contribution in [0.15, 0.2) is 24.4 Å². The molecule has 1 aromatic heterocycles. The minimum absolute atomic E-state index is 0.275. The van der Waals surface area contributed by atoms with Crippen LogP contribution in [0.1, 0.15) is 24.3 Å². The first-order valence-electron chi connectivity index (χ1n) is 4.12. The van der Waals surface area contributed by atoms with Gasteiger partial charge >= 0.3 is 0 Å². The van der Waals surface area contributed by atoms with E-state index in [-0.39, 0.29) is 6.04 Å². The van der Waals surface area contributed by atoms with Gasteiger partial charge in [-0.15, -0.1) is 17.9 Å². The van der Waals surface area contributed by atoms with E-state index in [1.807, 2.05) is 17.8 Å². The number of thiazole rings is 1. The lowest BCUT2D eigenvalue weighted by atomic mass is 10.2. The zero-order valence-corrected chi connectivity index (χ0v) is 8.10. The molecule has 0 amide bonds. The molecule has 1 N–H and O–H groups in total. The van der Waals surface area contributed by atoms with Gasteiger partial charge < -0.3 is 5.32 Å². The van der Waals surface area contributed by atoms with Crippen molar-refractivity contribution >= 4 is 11.3 Å². The molecular formula is C9H14N2S. The van der Waals surface area contributed by atoms with E-state index >= 15 is 0 Å². The van der Waals surface area contributed by atoms with Crippen LogP contribution >= 0.6 is 11.3 Å². The summed E-state index contributed by atoms with van der Waals surface area (Å²) in [6.07, 6.45) is 4.95. The molecule has 2 nitrogen and oxygen atoms in total. The monoisotopic (exact) mass is 182 g/mol. The Hall–Kier alpha value is -0.670. The van der Waals surface area contributed by atoms with Gasteiger partial charge in [0.2, 0.25) is 0 Å². The van der Waals surface area contributed by atoms with E-state index in [0.717, 1.165) is 13.0 Å². The molecule has 1 heterocycles. The first kappa shape index (κ1) is 9.42. The molecular weight excluding hydrogens is 168 g/mol. The lowest BCUT2D eigenvalue weighted by Gasteiger charge is -2.10. The number of aromatic nitrogens is 1. The van der Waals surface area contributed by atoms with Gasteiger partial charge in [0.15, 0.2) is 0 Å². The van der Waals surface area contributed by atoms with Crippen LogP contribution in [-0.4, -0.2) is 11.5 Å². The van der Waals surface area contributed by atoms with E-state index in [9.17, 15) is 0 Å². The van der Waals surface area contributed by atoms with Crippen LogP contribution in [0.25, 0.3) is 0 Å². The maximum atomic E-state index is 4.03. The van der Waals surface area contributed by atoms with Crippen molar-refractivity contribution in [1.29, 1.82) is 0 Å². The third kappa shape index (κ3) is 2.43. The van der Waals surface area contributed by atoms with Gasteiger partial charge in [0, 0.05) is 11.1 Å². The summed E-state index contributed by atoms with van der Waals surface area (Å²) in [4.78, 5) is 5.26. The van der Waals surface area contributed by atoms with Gasteiger partial charge in [0.25, 0.3) is 0 Å². The highest BCUT2D eigenvalue weighted by molar-refractivity contribution is 7.09. The fourth-order valence-corrected chi connectivity index (χ4v) is 1.67. The van der Waals surface area contributed by atoms with Crippen molar-refractivity contribution < 1.29 is 0 Å². The summed E-state index contributed by atoms with van der Waals surface area (Å²) in [6.45, 7) is 6.96. The summed E-state index contributed by atoms with van der Waals surface area (Å²) in [6, 6.07) is 0.275. The molecule has 0 bridgehead atoms. The topological polar surface area (TPSA) is 24.9 Å². The van der Waals surface area contributed by atoms with Crippen molar-refractivity contribution in [2.24, 2.45) is 0 Å². The molecule has 0 saturated heterocycles. The number of hydrogen-bond donors (Lipinski definition) is 1. The van der Waals surface area contributed by atoms with E-state index in [2.05, 4.69) is 23.8 Å². The molecule has 0 saturated carbocycles. The maximum Gasteiger partial charge on any atom is 0.0794 e. The SMILES string of the molecule is C=CC(NCCC)c1cncs1. The van der Waals surface area contributed by atoms with Crippen molar-refractivity contribution in [1.82, 2.24) is 10.3 Å². The number of nitrogens with zero attached hydrogens (tertiary/aromatic N) is 1. The third-order valence-corrected chi connectivity index (χ3v) is 2.47. The minimum atomic E-state index is 0.275. The Bertz CT molecular complexity index is 218. The van der Waals surface area contributed by atoms with Crippen molar-refractivity contribution in [3.8, 4) is 0 Å². The van der Waals surface area contributed by atoms with Gasteiger partial charge in [-0.1, -0.05) is 13.0 Å². The van der Waals surface area contributed by atoms with Crippen molar-refractivity contribution in [2.45, 2.75) is 19.4 Å². The first-order valence-corrected chi connectivity index (χ1v) is 5.00. The highest BCUT2D eigenvalue weighted by Gasteiger charge is 2.06. The van der Waals surface area contributed by atoms with Gasteiger partial charge in [-0.05, 0) is 13.0 Å². The molecule has 1 aromatic rings. The summed E-state index contributed by atoms with van der Waals surface area (Å²) < 4.78 is 0. The fraction of sp³-hybridized carbons (Fsp3) is 0.444. The molecule has 66 valence electrons. The molecule has 1 atom stereocenters. The zero-order valence-electron chi connectivity index (χ0n) is 7.29. The lowest BCUT2D eigenvalue weighted by molar-refractivity contribution is 0.620. The van der Waals surface area contributed by atoms with Crippen LogP contribution < -0.4 is 5.32 Å². The first-order chi connectivity index (χ1) is 5.88. The number of rotatable bonds is 5. The Kier molecular flexibility index (Phi) is 3.97. The predicted molar refractivity (Wildman–Crippen MR) is 53.3 cm³/mol. The molecule has 0 fully saturated rings. The van der Waals surface area contributed by atoms with Crippen molar-refractivity contribution in [3.63, 3.8) is 0 Å². The molecule has 0 spiro atoms. The minimum Gasteiger partial charge on any atom is -0.306 e. The van der Waals surface area contributed by atoms with Crippen LogP contribution in [0.2, 0.25) is 0 Å². The molecule has 0 radical (unpaired) electrons. The van der Waals surface area contributed by atoms with Crippen LogP contribution in [0.4, 0.5) is 0 Å². The molecule has 0 aliphatic carbocycles. The summed E-state index contributed by atoms with van der Waals surface area (Å²) in [5.41, 5.74) is 1.85. The number of hydrogen-bond acceptors (Lipinski definition) is 3. The smallest absolute Gasteiger partial charge is 0.0794 e. The normalized spacial score (nSPS) is 12.8. The average molecular weight is 182 g/mol. The Morgan fingerprint density at radius 3 is 3.17 bits per heavy atom. The van der Waals surface area contributed by atoms with Gasteiger partial charge in [-0.25, -0.2) is 0 Å². The highest BCUT2D eigenvalue weighted by atomic mass is 32.1. The maximum absolute atomic E-state index is 4.03. The Morgan fingerprint density at radius 2 is 2.67 bits per heavy atom. The van der Waals surface area contributed by atoms with Crippen LogP contribution in [0.3, 0.4) is 0 Å². The number of nitrogens with one attached hydrogen (secondary N) is 1. The van der Waals surface area contributed by atoms with Gasteiger partial charge in [-0.3, -0.25) is 4.98 Å². The van der Waals surface area contributed by atoms with Crippen molar-refractivity contribution in [2.75, 3.05) is 6.54 Å². The molecule has 1 rings (SSSR count). The van der Waals surface area contributed by atoms with E-state index in [1.165, 1.54) is 4.88 Å². The summed E-state index contributed by atoms with van der Waals surface area (Å²) in [5.74, 6) is 0. The second kappa shape index (κ2) is 5.06. The van der Waals surface area contributed by atoms with Crippen LogP contribution in [0, 0.1) is 0 Å². The van der Waals surface area contributed by atoms with E-state index < -0.39 is 0 Å². The quantitative estimate of drug-likeness (QED) is 0.707. The largest absolute Gasteiger partial charge is 0.306 e. The predicted octanol–water partition coefficient (Wildman–Crippen LogP) is 2.37. The standard InChI is InChI=1S/C9H14N2S/c1-3-5-11-8(4-2)9-6-10-7-12-9/h4,6-8,11H,2-3,5H2,1H3. The average Bonchev–Trinajstić information content (AvgIpc) is 2.59. The fourth-order valence-electron chi connectivity index (χ4n) is 0.979. The second-order valence-corrected chi connectivity index (χ2v) is 3.49. The molecule has 1 unspecified atom stereocenters. The molecule has 0 aromatic carbocycles. The molecule has 0 aliphatic heterocycles. The van der Waals surface area contributed by atoms with Crippen LogP contribution in [-0.2, 0) is 0 Å². The van der Waals surface area contributed by atoms with E-state index in [4.69, 9.17) is 0 Å². The molecule has 3 heteroatoms. The summed E-state index contributed by atoms with van der Waals surface area (Å²) >= 11 is 1.66. The van der Waals surface area contributed by atoms with Crippen LogP contribution in [0.5, 0.6) is 0 Å². The Labute approximate surface area is 77.3 Å². The summed E-state index contributed by atoms with van der Waals surface area (Å²) in [7, 11) is 0. The van der Waals surface area contributed by atoms with Crippen molar-refractivity contribution in [3.05, 3.63) is 29.2 Å². The Morgan fingerprint density at radius 1 is 1.83 bits per heavy atom. The van der Waals surface area contributed by atoms with Gasteiger partial charge in [-0.2, -0.15) is 0 Å². The summed E-state index contributed by atoms with van der Waals surface area (Å²) in [5, 5.41) is 3.37. The lowest BCUT2D eigenvalue weighted by Crippen LogP contribution is -2.19. The third-order valence-electron chi connectivity index (χ3n) is 1.61. The van der Waals surface area contributed by atoms with Gasteiger partial charge in [0.1, 0.15) is 0 Å².